The molecule has 0 aliphatic carbocycles. The predicted molar refractivity (Wildman–Crippen MR) is 77.1 cm³/mol. The molecular weight excluding hydrogens is 260 g/mol. The van der Waals surface area contributed by atoms with Crippen LogP contribution in [0.1, 0.15) is 31.3 Å². The summed E-state index contributed by atoms with van der Waals surface area (Å²) in [6, 6.07) is 7.61. The highest BCUT2D eigenvalue weighted by Gasteiger charge is 2.08. The number of thiocarbonyl (C=S) groups is 1. The van der Waals surface area contributed by atoms with Gasteiger partial charge in [0.05, 0.1) is 0 Å². The molecule has 0 saturated heterocycles. The van der Waals surface area contributed by atoms with Gasteiger partial charge < -0.3 is 10.5 Å². The molecule has 1 aromatic heterocycles. The average Bonchev–Trinajstić information content (AvgIpc) is 2.85. The molecule has 0 amide bonds. The summed E-state index contributed by atoms with van der Waals surface area (Å²) in [5.41, 5.74) is 6.36. The van der Waals surface area contributed by atoms with Crippen molar-refractivity contribution in [3.63, 3.8) is 0 Å². The highest BCUT2D eigenvalue weighted by atomic mass is 32.1. The largest absolute Gasteiger partial charge is 0.486 e. The molecule has 0 aliphatic rings. The van der Waals surface area contributed by atoms with Crippen LogP contribution in [-0.2, 0) is 6.61 Å². The number of rotatable bonds is 5. The number of aromatic nitrogens is 3. The van der Waals surface area contributed by atoms with E-state index in [2.05, 4.69) is 23.9 Å². The first-order valence-corrected chi connectivity index (χ1v) is 6.40. The number of nitrogens with zero attached hydrogens (tertiary/aromatic N) is 3. The van der Waals surface area contributed by atoms with Crippen LogP contribution in [0.5, 0.6) is 5.75 Å². The van der Waals surface area contributed by atoms with Crippen molar-refractivity contribution in [1.82, 2.24) is 14.8 Å². The quantitative estimate of drug-likeness (QED) is 0.847. The van der Waals surface area contributed by atoms with E-state index in [1.807, 2.05) is 28.9 Å². The van der Waals surface area contributed by atoms with E-state index in [9.17, 15) is 0 Å². The van der Waals surface area contributed by atoms with Crippen molar-refractivity contribution in [3.8, 4) is 5.75 Å². The number of hydrogen-bond donors (Lipinski definition) is 1. The van der Waals surface area contributed by atoms with E-state index < -0.39 is 0 Å². The van der Waals surface area contributed by atoms with Crippen LogP contribution < -0.4 is 10.5 Å². The monoisotopic (exact) mass is 276 g/mol. The van der Waals surface area contributed by atoms with Gasteiger partial charge in [0.15, 0.2) is 5.82 Å². The van der Waals surface area contributed by atoms with Gasteiger partial charge in [-0.1, -0.05) is 12.2 Å². The second kappa shape index (κ2) is 5.79. The summed E-state index contributed by atoms with van der Waals surface area (Å²) in [6.07, 6.45) is 1.54. The minimum absolute atomic E-state index is 0.262. The molecule has 0 radical (unpaired) electrons. The molecule has 100 valence electrons. The topological polar surface area (TPSA) is 66.0 Å². The molecule has 19 heavy (non-hydrogen) atoms. The van der Waals surface area contributed by atoms with Crippen molar-refractivity contribution >= 4 is 17.2 Å². The van der Waals surface area contributed by atoms with Gasteiger partial charge in [0.25, 0.3) is 0 Å². The van der Waals surface area contributed by atoms with Crippen molar-refractivity contribution in [2.45, 2.75) is 26.5 Å². The summed E-state index contributed by atoms with van der Waals surface area (Å²) < 4.78 is 7.51. The van der Waals surface area contributed by atoms with Crippen LogP contribution in [0.15, 0.2) is 30.6 Å². The predicted octanol–water partition coefficient (Wildman–Crippen LogP) is 2.07. The minimum atomic E-state index is 0.262. The average molecular weight is 276 g/mol. The molecule has 1 heterocycles. The van der Waals surface area contributed by atoms with Gasteiger partial charge in [-0.05, 0) is 38.1 Å². The lowest BCUT2D eigenvalue weighted by atomic mass is 10.2. The van der Waals surface area contributed by atoms with Crippen LogP contribution in [0.2, 0.25) is 0 Å². The summed E-state index contributed by atoms with van der Waals surface area (Å²) in [7, 11) is 0. The van der Waals surface area contributed by atoms with Crippen LogP contribution in [0.25, 0.3) is 0 Å². The smallest absolute Gasteiger partial charge is 0.165 e. The second-order valence-electron chi connectivity index (χ2n) is 4.39. The maximum Gasteiger partial charge on any atom is 0.165 e. The first-order chi connectivity index (χ1) is 9.08. The highest BCUT2D eigenvalue weighted by molar-refractivity contribution is 7.80. The molecule has 0 aliphatic heterocycles. The molecule has 1 aromatic carbocycles. The van der Waals surface area contributed by atoms with Gasteiger partial charge in [-0.2, -0.15) is 5.10 Å². The van der Waals surface area contributed by atoms with Crippen molar-refractivity contribution in [1.29, 1.82) is 0 Å². The van der Waals surface area contributed by atoms with E-state index in [0.29, 0.717) is 11.6 Å². The third-order valence-electron chi connectivity index (χ3n) is 2.64. The zero-order chi connectivity index (χ0) is 13.8. The summed E-state index contributed by atoms with van der Waals surface area (Å²) in [5.74, 6) is 1.55. The Hall–Kier alpha value is -1.95. The molecule has 2 aromatic rings. The molecule has 5 nitrogen and oxygen atoms in total. The molecule has 2 N–H and O–H groups in total. The number of benzene rings is 1. The Kier molecular flexibility index (Phi) is 4.11. The summed E-state index contributed by atoms with van der Waals surface area (Å²) in [4.78, 5) is 4.57. The van der Waals surface area contributed by atoms with E-state index in [0.717, 1.165) is 17.1 Å². The number of nitrogens with two attached hydrogens (primary N) is 1. The van der Waals surface area contributed by atoms with Gasteiger partial charge >= 0.3 is 0 Å². The second-order valence-corrected chi connectivity index (χ2v) is 4.83. The van der Waals surface area contributed by atoms with E-state index >= 15 is 0 Å². The fourth-order valence-electron chi connectivity index (χ4n) is 1.67. The zero-order valence-corrected chi connectivity index (χ0v) is 11.7. The van der Waals surface area contributed by atoms with Crippen LogP contribution >= 0.6 is 12.2 Å². The Morgan fingerprint density at radius 1 is 1.37 bits per heavy atom. The van der Waals surface area contributed by atoms with E-state index in [4.69, 9.17) is 22.7 Å². The van der Waals surface area contributed by atoms with Gasteiger partial charge in [-0.3, -0.25) is 0 Å². The Labute approximate surface area is 117 Å². The lowest BCUT2D eigenvalue weighted by Crippen LogP contribution is -2.11. The van der Waals surface area contributed by atoms with Crippen LogP contribution in [-0.4, -0.2) is 19.8 Å². The maximum absolute atomic E-state index is 5.67. The Balaban J connectivity index is 2.02. The Morgan fingerprint density at radius 3 is 2.63 bits per heavy atom. The van der Waals surface area contributed by atoms with Crippen molar-refractivity contribution in [3.05, 3.63) is 42.0 Å². The lowest BCUT2D eigenvalue weighted by Gasteiger charge is -2.10. The molecule has 2 rings (SSSR count). The zero-order valence-electron chi connectivity index (χ0n) is 10.9. The number of hydrogen-bond acceptors (Lipinski definition) is 4. The normalized spacial score (nSPS) is 10.7. The third-order valence-corrected chi connectivity index (χ3v) is 2.88. The first-order valence-electron chi connectivity index (χ1n) is 5.99. The van der Waals surface area contributed by atoms with Gasteiger partial charge in [0.2, 0.25) is 0 Å². The SMILES string of the molecule is CC(C)n1ncnc1COc1ccc(C(N)=S)cc1. The molecule has 0 bridgehead atoms. The molecule has 0 spiro atoms. The molecule has 0 saturated carbocycles. The third kappa shape index (κ3) is 3.29. The van der Waals surface area contributed by atoms with Gasteiger partial charge in [0.1, 0.15) is 23.7 Å². The maximum atomic E-state index is 5.67. The van der Waals surface area contributed by atoms with Crippen LogP contribution in [0, 0.1) is 0 Å². The standard InChI is InChI=1S/C13H16N4OS/c1-9(2)17-12(15-8-16-17)7-18-11-5-3-10(4-6-11)13(14)19/h3-6,8-9H,7H2,1-2H3,(H2,14,19). The Bertz CT molecular complexity index is 562. The fourth-order valence-corrected chi connectivity index (χ4v) is 1.81. The Morgan fingerprint density at radius 2 is 2.05 bits per heavy atom. The van der Waals surface area contributed by atoms with Crippen LogP contribution in [0.4, 0.5) is 0 Å². The molecule has 0 fully saturated rings. The molecular formula is C13H16N4OS. The summed E-state index contributed by atoms with van der Waals surface area (Å²) in [6.45, 7) is 4.48. The minimum Gasteiger partial charge on any atom is -0.486 e. The molecule has 0 atom stereocenters. The van der Waals surface area contributed by atoms with E-state index in [-0.39, 0.29) is 6.04 Å². The molecule has 0 unspecified atom stereocenters. The first kappa shape index (κ1) is 13.5. The van der Waals surface area contributed by atoms with Crippen LogP contribution in [0.3, 0.4) is 0 Å². The summed E-state index contributed by atoms with van der Waals surface area (Å²) in [5, 5.41) is 4.16. The number of ether oxygens (including phenoxy) is 1. The van der Waals surface area contributed by atoms with Crippen molar-refractivity contribution in [2.24, 2.45) is 5.73 Å². The van der Waals surface area contributed by atoms with Gasteiger partial charge in [0, 0.05) is 11.6 Å². The van der Waals surface area contributed by atoms with E-state index in [1.54, 1.807) is 0 Å². The van der Waals surface area contributed by atoms with Gasteiger partial charge in [-0.25, -0.2) is 9.67 Å². The highest BCUT2D eigenvalue weighted by Crippen LogP contribution is 2.14. The lowest BCUT2D eigenvalue weighted by molar-refractivity contribution is 0.282. The van der Waals surface area contributed by atoms with Crippen molar-refractivity contribution in [2.75, 3.05) is 0 Å². The van der Waals surface area contributed by atoms with Crippen molar-refractivity contribution < 1.29 is 4.74 Å². The summed E-state index contributed by atoms with van der Waals surface area (Å²) >= 11 is 4.90. The fraction of sp³-hybridized carbons (Fsp3) is 0.308. The van der Waals surface area contributed by atoms with E-state index in [1.165, 1.54) is 6.33 Å². The molecule has 6 heteroatoms. The van der Waals surface area contributed by atoms with Gasteiger partial charge in [-0.15, -0.1) is 0 Å².